The minimum Gasteiger partial charge on any atom is -0.494 e. The molecule has 9 heteroatoms. The average Bonchev–Trinajstić information content (AvgIpc) is 2.97. The van der Waals surface area contributed by atoms with Gasteiger partial charge in [-0.05, 0) is 79.8 Å². The Kier molecular flexibility index (Phi) is 11.9. The number of nitro benzene ring substituents is 1. The van der Waals surface area contributed by atoms with Crippen LogP contribution < -0.4 is 14.2 Å². The molecule has 0 heterocycles. The first-order valence-corrected chi connectivity index (χ1v) is 13.7. The first kappa shape index (κ1) is 30.9. The van der Waals surface area contributed by atoms with Crippen LogP contribution in [-0.2, 0) is 4.79 Å². The molecule has 0 saturated heterocycles. The van der Waals surface area contributed by atoms with Crippen LogP contribution in [0.15, 0.2) is 78.9 Å². The Balaban J connectivity index is 1.46. The van der Waals surface area contributed by atoms with Gasteiger partial charge in [0, 0.05) is 11.6 Å². The Morgan fingerprint density at radius 2 is 1.41 bits per heavy atom. The fourth-order valence-corrected chi connectivity index (χ4v) is 4.13. The summed E-state index contributed by atoms with van der Waals surface area (Å²) >= 11 is 0. The van der Waals surface area contributed by atoms with Gasteiger partial charge in [0.15, 0.2) is 0 Å². The third kappa shape index (κ3) is 9.79. The number of ether oxygens (including phenoxy) is 3. The zero-order valence-electron chi connectivity index (χ0n) is 23.2. The maximum Gasteiger partial charge on any atom is 0.343 e. The molecule has 3 aromatic rings. The van der Waals surface area contributed by atoms with E-state index in [4.69, 9.17) is 19.3 Å². The summed E-state index contributed by atoms with van der Waals surface area (Å²) in [5.74, 6) is -0.456. The maximum atomic E-state index is 12.7. The van der Waals surface area contributed by atoms with Crippen LogP contribution in [0.3, 0.4) is 0 Å². The van der Waals surface area contributed by atoms with Crippen molar-refractivity contribution in [3.8, 4) is 28.4 Å². The minimum absolute atomic E-state index is 0.137. The zero-order chi connectivity index (χ0) is 29.6. The molecule has 9 nitrogen and oxygen atoms in total. The van der Waals surface area contributed by atoms with Gasteiger partial charge in [-0.25, -0.2) is 9.59 Å². The first-order valence-electron chi connectivity index (χ1n) is 13.7. The number of nitrogens with zero attached hydrogens (tertiary/aromatic N) is 1. The predicted octanol–water partition coefficient (Wildman–Crippen LogP) is 7.63. The number of hydrogen-bond acceptors (Lipinski definition) is 7. The summed E-state index contributed by atoms with van der Waals surface area (Å²) in [5.41, 5.74) is 1.57. The normalized spacial score (nSPS) is 10.6. The number of esters is 1. The van der Waals surface area contributed by atoms with Crippen LogP contribution in [0.5, 0.6) is 17.2 Å². The van der Waals surface area contributed by atoms with Crippen LogP contribution >= 0.6 is 0 Å². The molecule has 0 aliphatic rings. The van der Waals surface area contributed by atoms with E-state index in [9.17, 15) is 19.7 Å². The largest absolute Gasteiger partial charge is 0.494 e. The molecule has 0 spiro atoms. The van der Waals surface area contributed by atoms with Crippen molar-refractivity contribution in [2.75, 3.05) is 13.2 Å². The Bertz CT molecular complexity index is 1330. The lowest BCUT2D eigenvalue weighted by Gasteiger charge is -2.09. The molecule has 1 N–H and O–H groups in total. The van der Waals surface area contributed by atoms with Gasteiger partial charge in [-0.3, -0.25) is 10.1 Å². The molecule has 3 rings (SSSR count). The van der Waals surface area contributed by atoms with Gasteiger partial charge in [0.25, 0.3) is 0 Å². The van der Waals surface area contributed by atoms with Crippen LogP contribution in [0.4, 0.5) is 5.69 Å². The van der Waals surface area contributed by atoms with Gasteiger partial charge >= 0.3 is 17.6 Å². The van der Waals surface area contributed by atoms with E-state index in [2.05, 4.69) is 6.58 Å². The molecule has 41 heavy (non-hydrogen) atoms. The summed E-state index contributed by atoms with van der Waals surface area (Å²) in [4.78, 5) is 34.6. The van der Waals surface area contributed by atoms with Crippen molar-refractivity contribution in [1.82, 2.24) is 0 Å². The number of carbonyl (C=O) groups excluding carboxylic acids is 1. The molecule has 0 bridgehead atoms. The van der Waals surface area contributed by atoms with E-state index in [1.165, 1.54) is 12.1 Å². The van der Waals surface area contributed by atoms with Crippen molar-refractivity contribution in [3.05, 3.63) is 94.6 Å². The third-order valence-electron chi connectivity index (χ3n) is 6.39. The molecule has 0 radical (unpaired) electrons. The van der Waals surface area contributed by atoms with Gasteiger partial charge in [-0.15, -0.1) is 0 Å². The van der Waals surface area contributed by atoms with E-state index < -0.39 is 16.9 Å². The Labute approximate surface area is 239 Å². The van der Waals surface area contributed by atoms with E-state index in [0.717, 1.165) is 44.1 Å². The molecular formula is C32H35NO8. The maximum absolute atomic E-state index is 12.7. The number of unbranched alkanes of at least 4 members (excludes halogenated alkanes) is 5. The van der Waals surface area contributed by atoms with E-state index in [1.54, 1.807) is 42.5 Å². The topological polar surface area (TPSA) is 125 Å². The molecule has 0 amide bonds. The Morgan fingerprint density at radius 1 is 0.829 bits per heavy atom. The summed E-state index contributed by atoms with van der Waals surface area (Å²) in [6.45, 7) is 6.50. The monoisotopic (exact) mass is 561 g/mol. The molecule has 0 unspecified atom stereocenters. The molecule has 0 saturated carbocycles. The van der Waals surface area contributed by atoms with Gasteiger partial charge in [0.1, 0.15) is 11.5 Å². The number of carboxylic acid groups (broad SMARTS) is 1. The fraction of sp³-hybridized carbons (Fsp3) is 0.312. The van der Waals surface area contributed by atoms with Crippen molar-refractivity contribution in [2.45, 2.75) is 51.9 Å². The number of hydrogen-bond donors (Lipinski definition) is 1. The van der Waals surface area contributed by atoms with Crippen molar-refractivity contribution in [2.24, 2.45) is 0 Å². The number of nitro groups is 1. The smallest absolute Gasteiger partial charge is 0.343 e. The number of aliphatic carboxylic acids is 1. The summed E-state index contributed by atoms with van der Waals surface area (Å²) in [7, 11) is 0. The highest BCUT2D eigenvalue weighted by Crippen LogP contribution is 2.33. The number of benzene rings is 3. The van der Waals surface area contributed by atoms with Crippen LogP contribution in [-0.4, -0.2) is 35.2 Å². The number of rotatable bonds is 17. The second-order valence-corrected chi connectivity index (χ2v) is 9.44. The summed E-state index contributed by atoms with van der Waals surface area (Å²) < 4.78 is 16.6. The molecule has 0 fully saturated rings. The standard InChI is InChI=1S/C32H35NO8/c1-3-39-27-16-11-24(12-17-27)26-15-20-30(29(22-26)33(37)38)41-32(36)25-13-18-28(19-14-25)40-21-9-7-5-4-6-8-10-23(2)31(34)35/h11-20,22H,2-10,21H2,1H3,(H,34,35). The third-order valence-corrected chi connectivity index (χ3v) is 6.39. The first-order chi connectivity index (χ1) is 19.8. The minimum atomic E-state index is -0.928. The fourth-order valence-electron chi connectivity index (χ4n) is 4.13. The quantitative estimate of drug-likeness (QED) is 0.0445. The molecule has 216 valence electrons. The molecule has 0 aliphatic heterocycles. The summed E-state index contributed by atoms with van der Waals surface area (Å²) in [5, 5.41) is 20.5. The highest BCUT2D eigenvalue weighted by molar-refractivity contribution is 5.92. The average molecular weight is 562 g/mol. The second-order valence-electron chi connectivity index (χ2n) is 9.44. The molecule has 0 aliphatic carbocycles. The van der Waals surface area contributed by atoms with Crippen molar-refractivity contribution in [3.63, 3.8) is 0 Å². The zero-order valence-corrected chi connectivity index (χ0v) is 23.2. The predicted molar refractivity (Wildman–Crippen MR) is 156 cm³/mol. The van der Waals surface area contributed by atoms with Crippen LogP contribution in [0.1, 0.15) is 62.2 Å². The molecular weight excluding hydrogens is 526 g/mol. The molecule has 0 atom stereocenters. The second kappa shape index (κ2) is 15.8. The lowest BCUT2D eigenvalue weighted by atomic mass is 10.0. The van der Waals surface area contributed by atoms with Crippen molar-refractivity contribution < 1.29 is 33.8 Å². The molecule has 3 aromatic carbocycles. The highest BCUT2D eigenvalue weighted by atomic mass is 16.6. The van der Waals surface area contributed by atoms with Crippen LogP contribution in [0.2, 0.25) is 0 Å². The van der Waals surface area contributed by atoms with E-state index in [0.29, 0.717) is 36.7 Å². The highest BCUT2D eigenvalue weighted by Gasteiger charge is 2.20. The number of carbonyl (C=O) groups is 2. The molecule has 0 aromatic heterocycles. The van der Waals surface area contributed by atoms with Gasteiger partial charge in [-0.1, -0.05) is 50.5 Å². The van der Waals surface area contributed by atoms with Gasteiger partial charge in [-0.2, -0.15) is 0 Å². The van der Waals surface area contributed by atoms with Gasteiger partial charge in [0.2, 0.25) is 5.75 Å². The van der Waals surface area contributed by atoms with Gasteiger partial charge < -0.3 is 19.3 Å². The number of carboxylic acids is 1. The van der Waals surface area contributed by atoms with Crippen LogP contribution in [0.25, 0.3) is 11.1 Å². The SMILES string of the molecule is C=C(CCCCCCCCOc1ccc(C(=O)Oc2ccc(-c3ccc(OCC)cc3)cc2[N+](=O)[O-])cc1)C(=O)O. The van der Waals surface area contributed by atoms with E-state index >= 15 is 0 Å². The van der Waals surface area contributed by atoms with Crippen molar-refractivity contribution in [1.29, 1.82) is 0 Å². The Hall–Kier alpha value is -4.66. The lowest BCUT2D eigenvalue weighted by molar-refractivity contribution is -0.385. The van der Waals surface area contributed by atoms with E-state index in [-0.39, 0.29) is 22.6 Å². The summed E-state index contributed by atoms with van der Waals surface area (Å²) in [6, 6.07) is 18.1. The van der Waals surface area contributed by atoms with Crippen LogP contribution in [0, 0.1) is 10.1 Å². The lowest BCUT2D eigenvalue weighted by Crippen LogP contribution is -2.10. The van der Waals surface area contributed by atoms with Crippen molar-refractivity contribution >= 4 is 17.6 Å². The summed E-state index contributed by atoms with van der Waals surface area (Å²) in [6.07, 6.45) is 6.28. The van der Waals surface area contributed by atoms with E-state index in [1.807, 2.05) is 19.1 Å². The Morgan fingerprint density at radius 3 is 2.05 bits per heavy atom. The van der Waals surface area contributed by atoms with Gasteiger partial charge in [0.05, 0.1) is 23.7 Å².